The highest BCUT2D eigenvalue weighted by Gasteiger charge is 2.06. The average molecular weight is 262 g/mol. The van der Waals surface area contributed by atoms with E-state index in [9.17, 15) is 4.79 Å². The van der Waals surface area contributed by atoms with Crippen molar-refractivity contribution in [2.45, 2.75) is 20.0 Å². The van der Waals surface area contributed by atoms with Gasteiger partial charge in [-0.3, -0.25) is 4.98 Å². The van der Waals surface area contributed by atoms with Gasteiger partial charge in [-0.05, 0) is 12.1 Å². The fourth-order valence-corrected chi connectivity index (χ4v) is 1.48. The predicted octanol–water partition coefficient (Wildman–Crippen LogP) is 0.849. The third kappa shape index (κ3) is 3.59. The molecule has 7 nitrogen and oxygen atoms in total. The van der Waals surface area contributed by atoms with Crippen molar-refractivity contribution in [2.24, 2.45) is 0 Å². The van der Waals surface area contributed by atoms with E-state index in [4.69, 9.17) is 4.52 Å². The first kappa shape index (κ1) is 13.2. The van der Waals surface area contributed by atoms with E-state index < -0.39 is 5.97 Å². The summed E-state index contributed by atoms with van der Waals surface area (Å²) in [6.45, 7) is 2.79. The van der Waals surface area contributed by atoms with E-state index >= 15 is 0 Å². The quantitative estimate of drug-likeness (QED) is 0.799. The second-order valence-corrected chi connectivity index (χ2v) is 3.86. The first-order valence-electron chi connectivity index (χ1n) is 5.72. The molecule has 0 amide bonds. The molecule has 2 rings (SSSR count). The normalized spacial score (nSPS) is 10.4. The lowest BCUT2D eigenvalue weighted by Crippen LogP contribution is -2.15. The summed E-state index contributed by atoms with van der Waals surface area (Å²) in [5.41, 5.74) is 1.24. The highest BCUT2D eigenvalue weighted by Crippen LogP contribution is 2.02. The van der Waals surface area contributed by atoms with E-state index in [1.807, 2.05) is 0 Å². The summed E-state index contributed by atoms with van der Waals surface area (Å²) >= 11 is 0. The molecular weight excluding hydrogens is 248 g/mol. The SMILES string of the molecule is COC(=O)c1ccc(CNCc2noc(C)n2)nc1. The van der Waals surface area contributed by atoms with Crippen LogP contribution in [0.15, 0.2) is 22.9 Å². The molecule has 0 saturated heterocycles. The predicted molar refractivity (Wildman–Crippen MR) is 65.2 cm³/mol. The number of aromatic nitrogens is 3. The van der Waals surface area contributed by atoms with Gasteiger partial charge in [0.2, 0.25) is 5.89 Å². The molecule has 2 heterocycles. The van der Waals surface area contributed by atoms with Crippen LogP contribution in [0.25, 0.3) is 0 Å². The smallest absolute Gasteiger partial charge is 0.339 e. The summed E-state index contributed by atoms with van der Waals surface area (Å²) in [4.78, 5) is 19.4. The van der Waals surface area contributed by atoms with Crippen LogP contribution >= 0.6 is 0 Å². The molecule has 0 aliphatic carbocycles. The topological polar surface area (TPSA) is 90.1 Å². The molecule has 100 valence electrons. The number of hydrogen-bond donors (Lipinski definition) is 1. The van der Waals surface area contributed by atoms with Gasteiger partial charge in [0.15, 0.2) is 5.82 Å². The number of esters is 1. The third-order valence-corrected chi connectivity index (χ3v) is 2.40. The molecule has 0 aliphatic rings. The van der Waals surface area contributed by atoms with E-state index in [0.717, 1.165) is 5.69 Å². The lowest BCUT2D eigenvalue weighted by atomic mass is 10.2. The third-order valence-electron chi connectivity index (χ3n) is 2.40. The number of aryl methyl sites for hydroxylation is 1. The van der Waals surface area contributed by atoms with Crippen LogP contribution in [0.2, 0.25) is 0 Å². The molecule has 0 unspecified atom stereocenters. The Morgan fingerprint density at radius 1 is 1.42 bits per heavy atom. The van der Waals surface area contributed by atoms with Gasteiger partial charge in [-0.2, -0.15) is 4.98 Å². The van der Waals surface area contributed by atoms with Crippen molar-refractivity contribution in [2.75, 3.05) is 7.11 Å². The average Bonchev–Trinajstić information content (AvgIpc) is 2.84. The minimum absolute atomic E-state index is 0.394. The maximum atomic E-state index is 11.2. The summed E-state index contributed by atoms with van der Waals surface area (Å²) in [7, 11) is 1.34. The van der Waals surface area contributed by atoms with E-state index in [-0.39, 0.29) is 0 Å². The Balaban J connectivity index is 1.84. The van der Waals surface area contributed by atoms with Gasteiger partial charge >= 0.3 is 5.97 Å². The lowest BCUT2D eigenvalue weighted by Gasteiger charge is -2.03. The molecule has 1 N–H and O–H groups in total. The van der Waals surface area contributed by atoms with Crippen molar-refractivity contribution in [1.29, 1.82) is 0 Å². The first-order valence-corrected chi connectivity index (χ1v) is 5.72. The second kappa shape index (κ2) is 6.05. The van der Waals surface area contributed by atoms with Crippen LogP contribution < -0.4 is 5.32 Å². The molecule has 2 aromatic heterocycles. The van der Waals surface area contributed by atoms with E-state index in [2.05, 4.69) is 25.2 Å². The van der Waals surface area contributed by atoms with Crippen LogP contribution in [-0.2, 0) is 17.8 Å². The molecule has 0 spiro atoms. The maximum absolute atomic E-state index is 11.2. The van der Waals surface area contributed by atoms with E-state index in [0.29, 0.717) is 30.4 Å². The van der Waals surface area contributed by atoms with Crippen LogP contribution in [0.1, 0.15) is 27.8 Å². The zero-order valence-electron chi connectivity index (χ0n) is 10.7. The molecule has 0 radical (unpaired) electrons. The number of nitrogens with one attached hydrogen (secondary N) is 1. The molecule has 0 saturated carbocycles. The number of rotatable bonds is 5. The van der Waals surface area contributed by atoms with Crippen LogP contribution in [0.4, 0.5) is 0 Å². The Morgan fingerprint density at radius 3 is 2.84 bits per heavy atom. The van der Waals surface area contributed by atoms with Gasteiger partial charge in [-0.25, -0.2) is 4.79 Å². The molecule has 0 aromatic carbocycles. The lowest BCUT2D eigenvalue weighted by molar-refractivity contribution is 0.0600. The zero-order valence-corrected chi connectivity index (χ0v) is 10.7. The minimum atomic E-state index is -0.394. The highest BCUT2D eigenvalue weighted by atomic mass is 16.5. The van der Waals surface area contributed by atoms with Gasteiger partial charge in [-0.1, -0.05) is 5.16 Å². The Morgan fingerprint density at radius 2 is 2.26 bits per heavy atom. The van der Waals surface area contributed by atoms with Crippen molar-refractivity contribution in [3.05, 3.63) is 41.3 Å². The molecular formula is C12H14N4O3. The van der Waals surface area contributed by atoms with Crippen molar-refractivity contribution in [3.8, 4) is 0 Å². The number of methoxy groups -OCH3 is 1. The Bertz CT molecular complexity index is 550. The largest absolute Gasteiger partial charge is 0.465 e. The van der Waals surface area contributed by atoms with Crippen LogP contribution in [-0.4, -0.2) is 28.2 Å². The molecule has 0 fully saturated rings. The monoisotopic (exact) mass is 262 g/mol. The van der Waals surface area contributed by atoms with Crippen molar-refractivity contribution in [1.82, 2.24) is 20.4 Å². The summed E-state index contributed by atoms with van der Waals surface area (Å²) < 4.78 is 9.45. The van der Waals surface area contributed by atoms with E-state index in [1.54, 1.807) is 19.1 Å². The van der Waals surface area contributed by atoms with Gasteiger partial charge in [0.05, 0.1) is 24.9 Å². The molecule has 0 atom stereocenters. The Hall–Kier alpha value is -2.28. The van der Waals surface area contributed by atoms with Crippen molar-refractivity contribution < 1.29 is 14.1 Å². The molecule has 0 bridgehead atoms. The molecule has 7 heteroatoms. The molecule has 0 aliphatic heterocycles. The summed E-state index contributed by atoms with van der Waals surface area (Å²) in [6.07, 6.45) is 1.49. The fraction of sp³-hybridized carbons (Fsp3) is 0.333. The van der Waals surface area contributed by atoms with Crippen molar-refractivity contribution >= 4 is 5.97 Å². The van der Waals surface area contributed by atoms with Gasteiger partial charge in [0, 0.05) is 19.7 Å². The van der Waals surface area contributed by atoms with E-state index in [1.165, 1.54) is 13.3 Å². The summed E-state index contributed by atoms with van der Waals surface area (Å²) in [6, 6.07) is 3.44. The highest BCUT2D eigenvalue weighted by molar-refractivity contribution is 5.88. The fourth-order valence-electron chi connectivity index (χ4n) is 1.48. The van der Waals surface area contributed by atoms with Gasteiger partial charge in [0.25, 0.3) is 0 Å². The van der Waals surface area contributed by atoms with Crippen LogP contribution in [0, 0.1) is 6.92 Å². The zero-order chi connectivity index (χ0) is 13.7. The first-order chi connectivity index (χ1) is 9.19. The van der Waals surface area contributed by atoms with Gasteiger partial charge in [0.1, 0.15) is 0 Å². The number of nitrogens with zero attached hydrogens (tertiary/aromatic N) is 3. The Kier molecular flexibility index (Phi) is 4.19. The van der Waals surface area contributed by atoms with Crippen LogP contribution in [0.3, 0.4) is 0 Å². The maximum Gasteiger partial charge on any atom is 0.339 e. The number of hydrogen-bond acceptors (Lipinski definition) is 7. The summed E-state index contributed by atoms with van der Waals surface area (Å²) in [5.74, 6) is 0.746. The number of pyridine rings is 1. The van der Waals surface area contributed by atoms with Crippen molar-refractivity contribution in [3.63, 3.8) is 0 Å². The second-order valence-electron chi connectivity index (χ2n) is 3.86. The standard InChI is InChI=1S/C12H14N4O3/c1-8-15-11(16-19-8)7-13-6-10-4-3-9(5-14-10)12(17)18-2/h3-5,13H,6-7H2,1-2H3. The molecule has 19 heavy (non-hydrogen) atoms. The number of carbonyl (C=O) groups excluding carboxylic acids is 1. The van der Waals surface area contributed by atoms with Crippen LogP contribution in [0.5, 0.6) is 0 Å². The van der Waals surface area contributed by atoms with Gasteiger partial charge in [-0.15, -0.1) is 0 Å². The number of ether oxygens (including phenoxy) is 1. The number of carbonyl (C=O) groups is 1. The molecule has 2 aromatic rings. The minimum Gasteiger partial charge on any atom is -0.465 e. The summed E-state index contributed by atoms with van der Waals surface area (Å²) in [5, 5.41) is 6.90. The van der Waals surface area contributed by atoms with Gasteiger partial charge < -0.3 is 14.6 Å². The Labute approximate surface area is 110 Å².